The first-order valence-electron chi connectivity index (χ1n) is 9.34. The number of carbonyl (C=O) groups excluding carboxylic acids is 2. The van der Waals surface area contributed by atoms with E-state index in [1.165, 1.54) is 0 Å². The topological polar surface area (TPSA) is 73.7 Å². The highest BCUT2D eigenvalue weighted by molar-refractivity contribution is 5.91. The number of likely N-dealkylation sites (tertiary alicyclic amines) is 1. The van der Waals surface area contributed by atoms with Crippen molar-refractivity contribution in [3.8, 4) is 0 Å². The van der Waals surface area contributed by atoms with Crippen molar-refractivity contribution >= 4 is 12.1 Å². The van der Waals surface area contributed by atoms with Crippen LogP contribution < -0.4 is 0 Å². The van der Waals surface area contributed by atoms with Crippen LogP contribution in [0.2, 0.25) is 0 Å². The molecule has 1 aliphatic heterocycles. The molecule has 0 saturated carbocycles. The Bertz CT molecular complexity index is 660. The molecule has 1 aliphatic rings. The van der Waals surface area contributed by atoms with Crippen LogP contribution in [0.4, 0.5) is 4.79 Å². The number of piperidine rings is 1. The number of carbonyl (C=O) groups is 2. The predicted octanol–water partition coefficient (Wildman–Crippen LogP) is 3.47. The van der Waals surface area contributed by atoms with Crippen molar-refractivity contribution in [1.82, 2.24) is 14.7 Å². The summed E-state index contributed by atoms with van der Waals surface area (Å²) in [6.07, 6.45) is 2.40. The van der Waals surface area contributed by atoms with Crippen LogP contribution in [0.25, 0.3) is 0 Å². The van der Waals surface area contributed by atoms with Crippen molar-refractivity contribution in [3.63, 3.8) is 0 Å². The molecule has 1 aromatic heterocycles. The van der Waals surface area contributed by atoms with E-state index >= 15 is 0 Å². The Morgan fingerprint density at radius 2 is 1.92 bits per heavy atom. The van der Waals surface area contributed by atoms with Gasteiger partial charge >= 0.3 is 12.1 Å². The second-order valence-electron chi connectivity index (χ2n) is 7.78. The van der Waals surface area contributed by atoms with E-state index in [2.05, 4.69) is 5.10 Å². The summed E-state index contributed by atoms with van der Waals surface area (Å²) in [5.41, 5.74) is 1.45. The monoisotopic (exact) mass is 365 g/mol. The van der Waals surface area contributed by atoms with Crippen LogP contribution in [-0.4, -0.2) is 51.5 Å². The maximum absolute atomic E-state index is 12.6. The van der Waals surface area contributed by atoms with Crippen LogP contribution >= 0.6 is 0 Å². The molecule has 26 heavy (non-hydrogen) atoms. The SMILES string of the molecule is CCn1nc(C)c(C(=O)OCC2CCCCN2C(=O)OC(C)(C)C)c1C. The van der Waals surface area contributed by atoms with Gasteiger partial charge in [-0.15, -0.1) is 0 Å². The van der Waals surface area contributed by atoms with E-state index in [0.717, 1.165) is 25.0 Å². The molecule has 0 aromatic carbocycles. The smallest absolute Gasteiger partial charge is 0.410 e. The standard InChI is InChI=1S/C19H31N3O4/c1-7-22-14(3)16(13(2)20-22)17(23)25-12-15-10-8-9-11-21(15)18(24)26-19(4,5)6/h15H,7-12H2,1-6H3. The highest BCUT2D eigenvalue weighted by Gasteiger charge is 2.32. The molecular weight excluding hydrogens is 334 g/mol. The number of nitrogens with zero attached hydrogens (tertiary/aromatic N) is 3. The Hall–Kier alpha value is -2.05. The van der Waals surface area contributed by atoms with Gasteiger partial charge in [0.2, 0.25) is 0 Å². The fraction of sp³-hybridized carbons (Fsp3) is 0.737. The van der Waals surface area contributed by atoms with E-state index in [-0.39, 0.29) is 24.7 Å². The zero-order valence-corrected chi connectivity index (χ0v) is 16.8. The van der Waals surface area contributed by atoms with Crippen LogP contribution in [-0.2, 0) is 16.0 Å². The molecule has 0 N–H and O–H groups in total. The summed E-state index contributed by atoms with van der Waals surface area (Å²) < 4.78 is 12.8. The van der Waals surface area contributed by atoms with Gasteiger partial charge in [-0.05, 0) is 60.8 Å². The average Bonchev–Trinajstić information content (AvgIpc) is 2.85. The quantitative estimate of drug-likeness (QED) is 0.764. The molecule has 1 fully saturated rings. The van der Waals surface area contributed by atoms with Crippen molar-refractivity contribution in [1.29, 1.82) is 0 Å². The lowest BCUT2D eigenvalue weighted by molar-refractivity contribution is -0.00533. The highest BCUT2D eigenvalue weighted by atomic mass is 16.6. The molecule has 1 saturated heterocycles. The molecule has 2 heterocycles. The first-order valence-corrected chi connectivity index (χ1v) is 9.34. The highest BCUT2D eigenvalue weighted by Crippen LogP contribution is 2.22. The van der Waals surface area contributed by atoms with Gasteiger partial charge in [-0.25, -0.2) is 9.59 Å². The molecule has 0 aliphatic carbocycles. The van der Waals surface area contributed by atoms with Crippen LogP contribution in [0.3, 0.4) is 0 Å². The van der Waals surface area contributed by atoms with Crippen LogP contribution in [0.5, 0.6) is 0 Å². The number of ether oxygens (including phenoxy) is 2. The lowest BCUT2D eigenvalue weighted by Crippen LogP contribution is -2.48. The van der Waals surface area contributed by atoms with E-state index < -0.39 is 5.60 Å². The molecule has 146 valence electrons. The van der Waals surface area contributed by atoms with Crippen LogP contribution in [0.15, 0.2) is 0 Å². The second kappa shape index (κ2) is 8.10. The number of esters is 1. The first-order chi connectivity index (χ1) is 12.1. The molecule has 1 atom stereocenters. The molecule has 1 amide bonds. The number of rotatable bonds is 4. The molecule has 7 heteroatoms. The largest absolute Gasteiger partial charge is 0.460 e. The van der Waals surface area contributed by atoms with E-state index in [0.29, 0.717) is 24.3 Å². The molecule has 1 unspecified atom stereocenters. The zero-order chi connectivity index (χ0) is 19.5. The van der Waals surface area contributed by atoms with Gasteiger partial charge in [0.1, 0.15) is 17.8 Å². The van der Waals surface area contributed by atoms with Crippen molar-refractivity contribution < 1.29 is 19.1 Å². The minimum atomic E-state index is -0.543. The lowest BCUT2D eigenvalue weighted by atomic mass is 10.0. The molecule has 0 bridgehead atoms. The van der Waals surface area contributed by atoms with Crippen molar-refractivity contribution in [3.05, 3.63) is 17.0 Å². The Balaban J connectivity index is 2.03. The van der Waals surface area contributed by atoms with Gasteiger partial charge in [0.25, 0.3) is 0 Å². The van der Waals surface area contributed by atoms with Gasteiger partial charge in [0.05, 0.1) is 17.4 Å². The summed E-state index contributed by atoms with van der Waals surface area (Å²) in [6.45, 7) is 12.7. The van der Waals surface area contributed by atoms with Gasteiger partial charge in [-0.1, -0.05) is 0 Å². The average molecular weight is 365 g/mol. The molecule has 0 spiro atoms. The van der Waals surface area contributed by atoms with E-state index in [4.69, 9.17) is 9.47 Å². The van der Waals surface area contributed by atoms with Crippen molar-refractivity contribution in [2.24, 2.45) is 0 Å². The lowest BCUT2D eigenvalue weighted by Gasteiger charge is -2.36. The predicted molar refractivity (Wildman–Crippen MR) is 98.2 cm³/mol. The first kappa shape index (κ1) is 20.3. The van der Waals surface area contributed by atoms with Crippen LogP contribution in [0.1, 0.15) is 68.7 Å². The number of amides is 1. The Kier molecular flexibility index (Phi) is 6.31. The van der Waals surface area contributed by atoms with Gasteiger partial charge < -0.3 is 14.4 Å². The molecular formula is C19H31N3O4. The third kappa shape index (κ3) is 4.77. The summed E-state index contributed by atoms with van der Waals surface area (Å²) in [6, 6.07) is -0.149. The van der Waals surface area contributed by atoms with Gasteiger partial charge in [-0.2, -0.15) is 5.10 Å². The second-order valence-corrected chi connectivity index (χ2v) is 7.78. The molecule has 7 nitrogen and oxygen atoms in total. The number of aromatic nitrogens is 2. The fourth-order valence-electron chi connectivity index (χ4n) is 3.28. The number of hydrogen-bond acceptors (Lipinski definition) is 5. The Morgan fingerprint density at radius 1 is 1.23 bits per heavy atom. The van der Waals surface area contributed by atoms with Gasteiger partial charge in [-0.3, -0.25) is 4.68 Å². The summed E-state index contributed by atoms with van der Waals surface area (Å²) in [7, 11) is 0. The van der Waals surface area contributed by atoms with E-state index in [1.807, 2.05) is 41.5 Å². The summed E-state index contributed by atoms with van der Waals surface area (Å²) >= 11 is 0. The Labute approximate surface area is 155 Å². The summed E-state index contributed by atoms with van der Waals surface area (Å²) in [4.78, 5) is 26.7. The Morgan fingerprint density at radius 3 is 2.50 bits per heavy atom. The van der Waals surface area contributed by atoms with Crippen molar-refractivity contribution in [2.75, 3.05) is 13.2 Å². The fourth-order valence-corrected chi connectivity index (χ4v) is 3.28. The maximum atomic E-state index is 12.6. The van der Waals surface area contributed by atoms with Crippen LogP contribution in [0, 0.1) is 13.8 Å². The summed E-state index contributed by atoms with van der Waals surface area (Å²) in [5, 5.41) is 4.36. The van der Waals surface area contributed by atoms with Gasteiger partial charge in [0.15, 0.2) is 0 Å². The van der Waals surface area contributed by atoms with Gasteiger partial charge in [0, 0.05) is 13.1 Å². The molecule has 0 radical (unpaired) electrons. The normalized spacial score (nSPS) is 17.9. The molecule has 1 aromatic rings. The third-order valence-electron chi connectivity index (χ3n) is 4.55. The third-order valence-corrected chi connectivity index (χ3v) is 4.55. The minimum Gasteiger partial charge on any atom is -0.460 e. The minimum absolute atomic E-state index is 0.149. The molecule has 2 rings (SSSR count). The zero-order valence-electron chi connectivity index (χ0n) is 16.8. The summed E-state index contributed by atoms with van der Waals surface area (Å²) in [5.74, 6) is -0.380. The maximum Gasteiger partial charge on any atom is 0.410 e. The van der Waals surface area contributed by atoms with Crippen molar-refractivity contribution in [2.45, 2.75) is 79.0 Å². The number of hydrogen-bond donors (Lipinski definition) is 0. The van der Waals surface area contributed by atoms with E-state index in [9.17, 15) is 9.59 Å². The number of aryl methyl sites for hydroxylation is 2. The van der Waals surface area contributed by atoms with E-state index in [1.54, 1.807) is 9.58 Å².